The number of imidazole rings is 1. The zero-order valence-corrected chi connectivity index (χ0v) is 17.8. The van der Waals surface area contributed by atoms with Crippen LogP contribution in [0.25, 0.3) is 11.2 Å². The van der Waals surface area contributed by atoms with E-state index in [1.54, 1.807) is 7.05 Å². The fourth-order valence-corrected chi connectivity index (χ4v) is 4.24. The fourth-order valence-electron chi connectivity index (χ4n) is 3.16. The van der Waals surface area contributed by atoms with Crippen molar-refractivity contribution in [1.29, 1.82) is 0 Å². The summed E-state index contributed by atoms with van der Waals surface area (Å²) in [5, 5.41) is 1.24. The lowest BCUT2D eigenvalue weighted by molar-refractivity contribution is 0.696. The molecule has 0 N–H and O–H groups in total. The van der Waals surface area contributed by atoms with E-state index < -0.39 is 5.69 Å². The first-order valence-electron chi connectivity index (χ1n) is 9.01. The summed E-state index contributed by atoms with van der Waals surface area (Å²) < 4.78 is 4.34. The summed E-state index contributed by atoms with van der Waals surface area (Å²) in [6.45, 7) is 2.40. The van der Waals surface area contributed by atoms with Gasteiger partial charge in [0.2, 0.25) is 0 Å². The Bertz CT molecular complexity index is 1340. The Labute approximate surface area is 176 Å². The Balaban J connectivity index is 1.96. The largest absolute Gasteiger partial charge is 0.332 e. The Morgan fingerprint density at radius 2 is 1.69 bits per heavy atom. The molecule has 0 aliphatic carbocycles. The van der Waals surface area contributed by atoms with Gasteiger partial charge in [0.15, 0.2) is 16.3 Å². The van der Waals surface area contributed by atoms with Gasteiger partial charge in [-0.3, -0.25) is 13.9 Å². The molecule has 29 heavy (non-hydrogen) atoms. The minimum atomic E-state index is -0.406. The molecule has 0 unspecified atom stereocenters. The molecule has 148 valence electrons. The zero-order chi connectivity index (χ0) is 20.7. The monoisotopic (exact) mass is 426 g/mol. The van der Waals surface area contributed by atoms with Crippen molar-refractivity contribution in [2.45, 2.75) is 23.5 Å². The molecule has 2 heterocycles. The van der Waals surface area contributed by atoms with Gasteiger partial charge in [-0.05, 0) is 30.7 Å². The van der Waals surface area contributed by atoms with Crippen molar-refractivity contribution in [2.24, 2.45) is 14.1 Å². The maximum atomic E-state index is 13.0. The molecule has 4 rings (SSSR count). The van der Waals surface area contributed by atoms with Gasteiger partial charge in [-0.2, -0.15) is 0 Å². The summed E-state index contributed by atoms with van der Waals surface area (Å²) in [6, 6.07) is 15.6. The van der Waals surface area contributed by atoms with Crippen molar-refractivity contribution in [2.75, 3.05) is 0 Å². The van der Waals surface area contributed by atoms with E-state index in [0.29, 0.717) is 27.9 Å². The second kappa shape index (κ2) is 7.57. The summed E-state index contributed by atoms with van der Waals surface area (Å²) in [6.07, 6.45) is 0. The molecule has 0 fully saturated rings. The molecule has 0 aliphatic rings. The summed E-state index contributed by atoms with van der Waals surface area (Å²) in [5.74, 6) is 0. The highest BCUT2D eigenvalue weighted by atomic mass is 35.5. The average Bonchev–Trinajstić information content (AvgIpc) is 3.06. The van der Waals surface area contributed by atoms with Crippen LogP contribution in [0.4, 0.5) is 0 Å². The lowest BCUT2D eigenvalue weighted by Crippen LogP contribution is -2.37. The van der Waals surface area contributed by atoms with Crippen LogP contribution in [0.15, 0.2) is 68.2 Å². The number of fused-ring (bicyclic) bond motifs is 1. The Morgan fingerprint density at radius 1 is 1.00 bits per heavy atom. The van der Waals surface area contributed by atoms with Gasteiger partial charge in [-0.1, -0.05) is 59.3 Å². The topological polar surface area (TPSA) is 61.8 Å². The lowest BCUT2D eigenvalue weighted by atomic mass is 10.2. The van der Waals surface area contributed by atoms with E-state index in [4.69, 9.17) is 11.6 Å². The molecule has 0 amide bonds. The van der Waals surface area contributed by atoms with Crippen molar-refractivity contribution in [3.05, 3.63) is 85.5 Å². The molecular formula is C21H19ClN4O2S. The second-order valence-electron chi connectivity index (χ2n) is 6.87. The van der Waals surface area contributed by atoms with Crippen LogP contribution in [0.2, 0.25) is 5.02 Å². The molecule has 2 aromatic carbocycles. The van der Waals surface area contributed by atoms with Gasteiger partial charge in [-0.25, -0.2) is 9.78 Å². The van der Waals surface area contributed by atoms with E-state index in [9.17, 15) is 9.59 Å². The third-order valence-corrected chi connectivity index (χ3v) is 6.20. The second-order valence-corrected chi connectivity index (χ2v) is 8.31. The number of nitrogens with zero attached hydrogens (tertiary/aromatic N) is 4. The van der Waals surface area contributed by atoms with E-state index in [1.165, 1.54) is 23.4 Å². The van der Waals surface area contributed by atoms with E-state index in [-0.39, 0.29) is 5.56 Å². The summed E-state index contributed by atoms with van der Waals surface area (Å²) in [7, 11) is 3.10. The lowest BCUT2D eigenvalue weighted by Gasteiger charge is -2.11. The van der Waals surface area contributed by atoms with Crippen LogP contribution in [-0.4, -0.2) is 18.7 Å². The summed E-state index contributed by atoms with van der Waals surface area (Å²) in [4.78, 5) is 31.0. The fraction of sp³-hybridized carbons (Fsp3) is 0.190. The first-order chi connectivity index (χ1) is 13.9. The molecular weight excluding hydrogens is 408 g/mol. The molecule has 6 nitrogen and oxygen atoms in total. The van der Waals surface area contributed by atoms with E-state index in [1.807, 2.05) is 60.0 Å². The van der Waals surface area contributed by atoms with Gasteiger partial charge in [0, 0.05) is 24.0 Å². The highest BCUT2D eigenvalue weighted by molar-refractivity contribution is 7.99. The Kier molecular flexibility index (Phi) is 5.10. The van der Waals surface area contributed by atoms with Crippen LogP contribution in [0.3, 0.4) is 0 Å². The van der Waals surface area contributed by atoms with Crippen LogP contribution in [0, 0.1) is 6.92 Å². The highest BCUT2D eigenvalue weighted by Gasteiger charge is 2.20. The minimum absolute atomic E-state index is 0.361. The van der Waals surface area contributed by atoms with E-state index in [0.717, 1.165) is 20.6 Å². The van der Waals surface area contributed by atoms with Crippen molar-refractivity contribution in [3.63, 3.8) is 0 Å². The van der Waals surface area contributed by atoms with E-state index >= 15 is 0 Å². The maximum Gasteiger partial charge on any atom is 0.332 e. The third kappa shape index (κ3) is 3.52. The molecule has 0 spiro atoms. The average molecular weight is 427 g/mol. The third-order valence-electron chi connectivity index (χ3n) is 4.83. The van der Waals surface area contributed by atoms with Crippen LogP contribution in [0.5, 0.6) is 0 Å². The molecule has 2 aromatic heterocycles. The Hall–Kier alpha value is -2.77. The Morgan fingerprint density at radius 3 is 2.38 bits per heavy atom. The number of rotatable bonds is 4. The normalized spacial score (nSPS) is 11.3. The van der Waals surface area contributed by atoms with Gasteiger partial charge in [0.1, 0.15) is 0 Å². The molecule has 0 saturated heterocycles. The molecule has 0 radical (unpaired) electrons. The number of halogens is 1. The predicted octanol–water partition coefficient (Wildman–Crippen LogP) is 3.60. The first kappa shape index (κ1) is 19.5. The quantitative estimate of drug-likeness (QED) is 0.500. The minimum Gasteiger partial charge on any atom is -0.308 e. The number of hydrogen-bond acceptors (Lipinski definition) is 4. The van der Waals surface area contributed by atoms with Crippen LogP contribution < -0.4 is 11.2 Å². The molecule has 0 saturated carbocycles. The molecule has 4 aromatic rings. The molecule has 0 aliphatic heterocycles. The van der Waals surface area contributed by atoms with Crippen molar-refractivity contribution >= 4 is 34.5 Å². The van der Waals surface area contributed by atoms with Gasteiger partial charge in [0.05, 0.1) is 6.54 Å². The van der Waals surface area contributed by atoms with Crippen LogP contribution in [-0.2, 0) is 20.6 Å². The number of benzene rings is 2. The van der Waals surface area contributed by atoms with Crippen molar-refractivity contribution < 1.29 is 0 Å². The maximum absolute atomic E-state index is 13.0. The highest BCUT2D eigenvalue weighted by Crippen LogP contribution is 2.30. The van der Waals surface area contributed by atoms with Crippen molar-refractivity contribution in [1.82, 2.24) is 18.7 Å². The van der Waals surface area contributed by atoms with Crippen LogP contribution >= 0.6 is 23.4 Å². The van der Waals surface area contributed by atoms with Gasteiger partial charge < -0.3 is 4.57 Å². The van der Waals surface area contributed by atoms with Gasteiger partial charge in [-0.15, -0.1) is 0 Å². The smallest absolute Gasteiger partial charge is 0.308 e. The number of hydrogen-bond donors (Lipinski definition) is 0. The SMILES string of the molecule is Cc1ccc(Sc2nc3c(c(=O)n(C)c(=O)n3C)n2Cc2ccccc2Cl)cc1. The zero-order valence-electron chi connectivity index (χ0n) is 16.2. The van der Waals surface area contributed by atoms with Crippen LogP contribution in [0.1, 0.15) is 11.1 Å². The summed E-state index contributed by atoms with van der Waals surface area (Å²) in [5.41, 5.74) is 1.99. The molecule has 8 heteroatoms. The van der Waals surface area contributed by atoms with Gasteiger partial charge >= 0.3 is 5.69 Å². The molecule has 0 bridgehead atoms. The van der Waals surface area contributed by atoms with Crippen molar-refractivity contribution in [3.8, 4) is 0 Å². The standard InChI is InChI=1S/C21H19ClN4O2S/c1-13-8-10-15(11-9-13)29-20-23-18-17(19(27)25(3)21(28)24(18)2)26(20)12-14-6-4-5-7-16(14)22/h4-11H,12H2,1-3H3. The predicted molar refractivity (Wildman–Crippen MR) is 116 cm³/mol. The number of aryl methyl sites for hydroxylation is 2. The number of aromatic nitrogens is 4. The molecule has 0 atom stereocenters. The summed E-state index contributed by atoms with van der Waals surface area (Å²) >= 11 is 7.82. The van der Waals surface area contributed by atoms with Gasteiger partial charge in [0.25, 0.3) is 5.56 Å². The van der Waals surface area contributed by atoms with E-state index in [2.05, 4.69) is 4.98 Å². The first-order valence-corrected chi connectivity index (χ1v) is 10.2.